The Morgan fingerprint density at radius 1 is 0.926 bits per heavy atom. The van der Waals surface area contributed by atoms with Gasteiger partial charge in [-0.05, 0) is 63.5 Å². The van der Waals surface area contributed by atoms with Crippen molar-refractivity contribution in [1.29, 1.82) is 0 Å². The van der Waals surface area contributed by atoms with Crippen LogP contribution in [0.3, 0.4) is 0 Å². The Labute approximate surface area is 168 Å². The minimum atomic E-state index is -0.955. The van der Waals surface area contributed by atoms with Crippen LogP contribution < -0.4 is 0 Å². The highest BCUT2D eigenvalue weighted by atomic mass is 32.2. The van der Waals surface area contributed by atoms with E-state index in [-0.39, 0.29) is 10.8 Å². The zero-order valence-corrected chi connectivity index (χ0v) is 19.0. The van der Waals surface area contributed by atoms with Crippen molar-refractivity contribution in [2.75, 3.05) is 6.26 Å². The highest BCUT2D eigenvalue weighted by Gasteiger charge is 2.26. The van der Waals surface area contributed by atoms with Gasteiger partial charge < -0.3 is 14.2 Å². The van der Waals surface area contributed by atoms with E-state index >= 15 is 0 Å². The van der Waals surface area contributed by atoms with Gasteiger partial charge in [0.25, 0.3) is 0 Å². The van der Waals surface area contributed by atoms with Gasteiger partial charge in [-0.15, -0.1) is 0 Å². The van der Waals surface area contributed by atoms with E-state index in [4.69, 9.17) is 0 Å². The Hall–Kier alpha value is -1.39. The van der Waals surface area contributed by atoms with Crippen LogP contribution in [0.15, 0.2) is 29.4 Å². The van der Waals surface area contributed by atoms with Gasteiger partial charge in [0, 0.05) is 19.3 Å². The summed E-state index contributed by atoms with van der Waals surface area (Å²) in [7, 11) is 1.95. The molecule has 1 aromatic heterocycles. The Kier molecular flexibility index (Phi) is 6.43. The molecule has 0 amide bonds. The predicted molar refractivity (Wildman–Crippen MR) is 115 cm³/mol. The molecule has 150 valence electrons. The van der Waals surface area contributed by atoms with Gasteiger partial charge in [-0.25, -0.2) is 0 Å². The molecule has 1 aromatic carbocycles. The molecule has 2 aromatic rings. The van der Waals surface area contributed by atoms with Crippen molar-refractivity contribution in [3.05, 3.63) is 46.6 Å². The lowest BCUT2D eigenvalue weighted by Crippen LogP contribution is -2.18. The van der Waals surface area contributed by atoms with Crippen molar-refractivity contribution in [2.24, 2.45) is 7.05 Å². The molecule has 3 nitrogen and oxygen atoms in total. The number of aryl methyl sites for hydroxylation is 3. The van der Waals surface area contributed by atoms with Crippen LogP contribution in [-0.2, 0) is 41.9 Å². The molecule has 2 rings (SSSR count). The van der Waals surface area contributed by atoms with Crippen LogP contribution in [0.1, 0.15) is 70.2 Å². The number of hydrogen-bond donors (Lipinski definition) is 1. The zero-order chi connectivity index (χ0) is 20.6. The Morgan fingerprint density at radius 2 is 1.41 bits per heavy atom. The number of hydrogen-bond acceptors (Lipinski definition) is 2. The van der Waals surface area contributed by atoms with E-state index in [1.54, 1.807) is 6.26 Å². The first kappa shape index (κ1) is 21.9. The third-order valence-corrected chi connectivity index (χ3v) is 6.02. The van der Waals surface area contributed by atoms with Crippen LogP contribution in [0.4, 0.5) is 0 Å². The average Bonchev–Trinajstić information content (AvgIpc) is 2.87. The van der Waals surface area contributed by atoms with Gasteiger partial charge >= 0.3 is 0 Å². The minimum absolute atomic E-state index is 0.0976. The van der Waals surface area contributed by atoms with Crippen molar-refractivity contribution in [3.63, 3.8) is 0 Å². The first-order chi connectivity index (χ1) is 12.3. The molecule has 0 aliphatic carbocycles. The molecule has 0 saturated carbocycles. The molecular weight excluding hydrogens is 354 g/mol. The Morgan fingerprint density at radius 3 is 1.81 bits per heavy atom. The normalized spacial score (nSPS) is 13.8. The Balaban J connectivity index is 2.22. The molecule has 1 heterocycles. The standard InChI is InChI=1S/C23H35NO2S/c1-22(2,3)18-12-16(13-19(21(18)25)23(4,5)6)10-9-11-17-14-20(27(8)26)24(7)15-17/h12-15,25H,9-11H2,1-8H3. The monoisotopic (exact) mass is 389 g/mol. The second-order valence-electron chi connectivity index (χ2n) is 9.64. The number of rotatable bonds is 5. The molecule has 4 heteroatoms. The third kappa shape index (κ3) is 5.32. The van der Waals surface area contributed by atoms with Gasteiger partial charge in [0.2, 0.25) is 5.03 Å². The molecule has 1 N–H and O–H groups in total. The number of aromatic nitrogens is 1. The summed E-state index contributed by atoms with van der Waals surface area (Å²) in [5, 5.41) is 11.7. The summed E-state index contributed by atoms with van der Waals surface area (Å²) in [5.41, 5.74) is 4.35. The first-order valence-electron chi connectivity index (χ1n) is 9.66. The molecule has 0 aliphatic heterocycles. The van der Waals surface area contributed by atoms with Crippen LogP contribution in [0.5, 0.6) is 5.75 Å². The molecule has 1 unspecified atom stereocenters. The topological polar surface area (TPSA) is 48.2 Å². The summed E-state index contributed by atoms with van der Waals surface area (Å²) in [6.07, 6.45) is 6.75. The number of phenols is 1. The average molecular weight is 390 g/mol. The maximum Gasteiger partial charge on any atom is 0.224 e. The van der Waals surface area contributed by atoms with E-state index in [9.17, 15) is 9.66 Å². The molecule has 1 atom stereocenters. The highest BCUT2D eigenvalue weighted by molar-refractivity contribution is 7.90. The quantitative estimate of drug-likeness (QED) is 0.711. The van der Waals surface area contributed by atoms with Crippen molar-refractivity contribution < 1.29 is 9.66 Å². The molecule has 0 bridgehead atoms. The maximum absolute atomic E-state index is 11.7. The van der Waals surface area contributed by atoms with Gasteiger partial charge in [-0.3, -0.25) is 0 Å². The largest absolute Gasteiger partial charge is 0.610 e. The molecular formula is C23H35NO2S. The molecule has 27 heavy (non-hydrogen) atoms. The van der Waals surface area contributed by atoms with Gasteiger partial charge in [0.05, 0.1) is 0 Å². The summed E-state index contributed by atoms with van der Waals surface area (Å²) in [6, 6.07) is 6.39. The van der Waals surface area contributed by atoms with Gasteiger partial charge in [-0.1, -0.05) is 53.7 Å². The summed E-state index contributed by atoms with van der Waals surface area (Å²) in [4.78, 5) is 0. The lowest BCUT2D eigenvalue weighted by atomic mass is 9.78. The van der Waals surface area contributed by atoms with Crippen LogP contribution >= 0.6 is 0 Å². The molecule has 0 aliphatic rings. The predicted octanol–water partition coefficient (Wildman–Crippen LogP) is 5.24. The smallest absolute Gasteiger partial charge is 0.224 e. The number of benzene rings is 1. The summed E-state index contributed by atoms with van der Waals surface area (Å²) in [5.74, 6) is 0.442. The van der Waals surface area contributed by atoms with E-state index in [0.717, 1.165) is 35.4 Å². The second kappa shape index (κ2) is 7.92. The van der Waals surface area contributed by atoms with E-state index in [0.29, 0.717) is 5.75 Å². The van der Waals surface area contributed by atoms with E-state index in [1.165, 1.54) is 11.1 Å². The molecule has 0 spiro atoms. The number of nitrogens with zero attached hydrogens (tertiary/aromatic N) is 1. The fraction of sp³-hybridized carbons (Fsp3) is 0.565. The minimum Gasteiger partial charge on any atom is -0.610 e. The Bertz CT molecular complexity index is 757. The second-order valence-corrected chi connectivity index (χ2v) is 11.0. The first-order valence-corrected chi connectivity index (χ1v) is 11.2. The van der Waals surface area contributed by atoms with E-state index < -0.39 is 11.2 Å². The van der Waals surface area contributed by atoms with E-state index in [1.807, 2.05) is 17.7 Å². The van der Waals surface area contributed by atoms with E-state index in [2.05, 4.69) is 59.9 Å². The fourth-order valence-corrected chi connectivity index (χ4v) is 4.29. The summed E-state index contributed by atoms with van der Waals surface area (Å²) >= 11 is -0.955. The maximum atomic E-state index is 11.7. The van der Waals surface area contributed by atoms with Gasteiger partial charge in [0.1, 0.15) is 12.0 Å². The number of phenolic OH excluding ortho intramolecular Hbond substituents is 1. The van der Waals surface area contributed by atoms with Gasteiger partial charge in [-0.2, -0.15) is 0 Å². The molecule has 0 saturated heterocycles. The van der Waals surface area contributed by atoms with Crippen molar-refractivity contribution in [1.82, 2.24) is 4.57 Å². The van der Waals surface area contributed by atoms with Crippen LogP contribution in [0.2, 0.25) is 0 Å². The highest BCUT2D eigenvalue weighted by Crippen LogP contribution is 2.40. The summed E-state index contributed by atoms with van der Waals surface area (Å²) < 4.78 is 13.7. The van der Waals surface area contributed by atoms with Gasteiger partial charge in [0.15, 0.2) is 0 Å². The van der Waals surface area contributed by atoms with Crippen molar-refractivity contribution in [3.8, 4) is 5.75 Å². The lowest BCUT2D eigenvalue weighted by molar-refractivity contribution is 0.422. The summed E-state index contributed by atoms with van der Waals surface area (Å²) in [6.45, 7) is 12.9. The zero-order valence-electron chi connectivity index (χ0n) is 18.1. The lowest BCUT2D eigenvalue weighted by Gasteiger charge is -2.28. The van der Waals surface area contributed by atoms with Crippen molar-refractivity contribution >= 4 is 11.2 Å². The van der Waals surface area contributed by atoms with Crippen LogP contribution in [-0.4, -0.2) is 20.5 Å². The molecule has 0 fully saturated rings. The molecule has 0 radical (unpaired) electrons. The SMILES string of the molecule is Cn1cc(CCCc2cc(C(C)(C)C)c(O)c(C(C)(C)C)c2)cc1[S+](C)[O-]. The third-order valence-electron chi connectivity index (χ3n) is 5.03. The fourth-order valence-electron chi connectivity index (χ4n) is 3.51. The number of aromatic hydroxyl groups is 1. The van der Waals surface area contributed by atoms with Crippen LogP contribution in [0.25, 0.3) is 0 Å². The van der Waals surface area contributed by atoms with Crippen LogP contribution in [0, 0.1) is 0 Å². The van der Waals surface area contributed by atoms with Crippen molar-refractivity contribution in [2.45, 2.75) is 76.7 Å².